The minimum atomic E-state index is -3.66. The highest BCUT2D eigenvalue weighted by atomic mass is 32.2. The normalized spacial score (nSPS) is 13.2. The zero-order valence-corrected chi connectivity index (χ0v) is 20.0. The van der Waals surface area contributed by atoms with Crippen LogP contribution < -0.4 is 26.8 Å². The molecule has 1 rings (SSSR count). The lowest BCUT2D eigenvalue weighted by Crippen LogP contribution is -2.54. The molecule has 1 aromatic carbocycles. The van der Waals surface area contributed by atoms with Crippen molar-refractivity contribution in [2.24, 2.45) is 17.4 Å². The summed E-state index contributed by atoms with van der Waals surface area (Å²) in [6.45, 7) is 5.28. The van der Waals surface area contributed by atoms with Gasteiger partial charge in [0.2, 0.25) is 27.7 Å². The average Bonchev–Trinajstić information content (AvgIpc) is 2.73. The Hall–Kier alpha value is -2.99. The van der Waals surface area contributed by atoms with Gasteiger partial charge in [0, 0.05) is 18.5 Å². The number of amidine groups is 1. The lowest BCUT2D eigenvalue weighted by Gasteiger charge is -2.24. The van der Waals surface area contributed by atoms with Gasteiger partial charge in [0.1, 0.15) is 17.9 Å². The second kappa shape index (κ2) is 12.9. The molecule has 8 N–H and O–H groups in total. The summed E-state index contributed by atoms with van der Waals surface area (Å²) in [7, 11) is -3.66. The van der Waals surface area contributed by atoms with E-state index < -0.39 is 39.8 Å². The highest BCUT2D eigenvalue weighted by Crippen LogP contribution is 2.09. The minimum absolute atomic E-state index is 0.0103. The van der Waals surface area contributed by atoms with Crippen molar-refractivity contribution in [2.45, 2.75) is 58.7 Å². The van der Waals surface area contributed by atoms with Gasteiger partial charge in [0.25, 0.3) is 0 Å². The first kappa shape index (κ1) is 28.0. The molecule has 12 heteroatoms. The van der Waals surface area contributed by atoms with E-state index in [1.807, 2.05) is 13.8 Å². The van der Waals surface area contributed by atoms with Gasteiger partial charge >= 0.3 is 0 Å². The van der Waals surface area contributed by atoms with Crippen molar-refractivity contribution >= 4 is 33.6 Å². The van der Waals surface area contributed by atoms with Crippen LogP contribution in [0.25, 0.3) is 0 Å². The van der Waals surface area contributed by atoms with Gasteiger partial charge in [0.15, 0.2) is 0 Å². The zero-order valence-electron chi connectivity index (χ0n) is 19.2. The van der Waals surface area contributed by atoms with Gasteiger partial charge in [-0.1, -0.05) is 38.1 Å². The van der Waals surface area contributed by atoms with Gasteiger partial charge in [-0.05, 0) is 31.2 Å². The van der Waals surface area contributed by atoms with Crippen molar-refractivity contribution in [3.05, 3.63) is 35.4 Å². The molecule has 0 spiro atoms. The van der Waals surface area contributed by atoms with E-state index in [-0.39, 0.29) is 43.3 Å². The van der Waals surface area contributed by atoms with Crippen molar-refractivity contribution < 1.29 is 22.8 Å². The molecule has 0 aliphatic carbocycles. The molecule has 3 amide bonds. The van der Waals surface area contributed by atoms with Gasteiger partial charge in [0.05, 0.1) is 5.75 Å². The van der Waals surface area contributed by atoms with E-state index in [0.717, 1.165) is 5.56 Å². The molecule has 1 aromatic rings. The van der Waals surface area contributed by atoms with E-state index >= 15 is 0 Å². The number of amides is 3. The molecule has 0 heterocycles. The molecule has 2 atom stereocenters. The number of primary amides is 1. The lowest BCUT2D eigenvalue weighted by molar-refractivity contribution is -0.130. The Morgan fingerprint density at radius 3 is 2.12 bits per heavy atom. The first-order valence-corrected chi connectivity index (χ1v) is 12.3. The minimum Gasteiger partial charge on any atom is -0.384 e. The number of nitrogens with one attached hydrogen (secondary N) is 4. The number of carbonyl (C=O) groups excluding carboxylic acids is 3. The van der Waals surface area contributed by atoms with Gasteiger partial charge in [-0.2, -0.15) is 0 Å². The van der Waals surface area contributed by atoms with Crippen molar-refractivity contribution in [1.82, 2.24) is 15.4 Å². The number of rotatable bonds is 14. The summed E-state index contributed by atoms with van der Waals surface area (Å²) in [4.78, 5) is 36.8. The molecule has 0 aliphatic rings. The number of benzene rings is 1. The zero-order chi connectivity index (χ0) is 25.2. The fourth-order valence-corrected chi connectivity index (χ4v) is 3.73. The molecule has 33 heavy (non-hydrogen) atoms. The second-order valence-corrected chi connectivity index (χ2v) is 10.1. The maximum atomic E-state index is 12.8. The van der Waals surface area contributed by atoms with Gasteiger partial charge in [-0.15, -0.1) is 0 Å². The summed E-state index contributed by atoms with van der Waals surface area (Å²) in [5.41, 5.74) is 11.9. The fourth-order valence-electron chi connectivity index (χ4n) is 2.92. The van der Waals surface area contributed by atoms with Crippen LogP contribution in [0.2, 0.25) is 0 Å². The Balaban J connectivity index is 2.92. The monoisotopic (exact) mass is 482 g/mol. The summed E-state index contributed by atoms with van der Waals surface area (Å²) in [6.07, 6.45) is 0.0596. The van der Waals surface area contributed by atoms with Crippen LogP contribution in [0, 0.1) is 11.3 Å². The van der Waals surface area contributed by atoms with E-state index in [0.29, 0.717) is 5.56 Å². The third kappa shape index (κ3) is 10.4. The maximum absolute atomic E-state index is 12.8. The number of hydrogen-bond acceptors (Lipinski definition) is 6. The smallest absolute Gasteiger partial charge is 0.242 e. The highest BCUT2D eigenvalue weighted by Gasteiger charge is 2.29. The molecule has 2 unspecified atom stereocenters. The fraction of sp³-hybridized carbons (Fsp3) is 0.524. The Bertz CT molecular complexity index is 946. The van der Waals surface area contributed by atoms with Gasteiger partial charge in [-0.3, -0.25) is 19.8 Å². The third-order valence-corrected chi connectivity index (χ3v) is 6.17. The van der Waals surface area contributed by atoms with Crippen molar-refractivity contribution in [2.75, 3.05) is 5.75 Å². The largest absolute Gasteiger partial charge is 0.384 e. The average molecular weight is 483 g/mol. The van der Waals surface area contributed by atoms with E-state index in [1.54, 1.807) is 24.3 Å². The first-order valence-electron chi connectivity index (χ1n) is 10.6. The first-order chi connectivity index (χ1) is 15.3. The van der Waals surface area contributed by atoms with Crippen LogP contribution in [0.15, 0.2) is 24.3 Å². The predicted molar refractivity (Wildman–Crippen MR) is 126 cm³/mol. The van der Waals surface area contributed by atoms with E-state index in [4.69, 9.17) is 16.9 Å². The highest BCUT2D eigenvalue weighted by molar-refractivity contribution is 7.89. The quantitative estimate of drug-likeness (QED) is 0.155. The summed E-state index contributed by atoms with van der Waals surface area (Å²) in [5, 5.41) is 12.7. The molecule has 0 fully saturated rings. The standard InChI is InChI=1S/C21H34N6O5S/c1-4-33(31,32)27-17(11-13(2)3)21(30)26-16(9-10-18(22)28)20(29)25-12-14-5-7-15(8-6-14)19(23)24/h5-8,13,16-17,27H,4,9-12H2,1-3H3,(H2,22,28)(H3,23,24)(H,25,29)(H,26,30). The molecular weight excluding hydrogens is 448 g/mol. The molecule has 0 aromatic heterocycles. The molecule has 0 saturated heterocycles. The molecular formula is C21H34N6O5S. The van der Waals surface area contributed by atoms with E-state index in [2.05, 4.69) is 15.4 Å². The van der Waals surface area contributed by atoms with Crippen LogP contribution in [0.3, 0.4) is 0 Å². The summed E-state index contributed by atoms with van der Waals surface area (Å²) < 4.78 is 26.4. The molecule has 0 radical (unpaired) electrons. The molecule has 0 aliphatic heterocycles. The summed E-state index contributed by atoms with van der Waals surface area (Å²) >= 11 is 0. The van der Waals surface area contributed by atoms with Crippen molar-refractivity contribution in [3.8, 4) is 0 Å². The second-order valence-electron chi connectivity index (χ2n) is 8.10. The van der Waals surface area contributed by atoms with Crippen LogP contribution in [0.5, 0.6) is 0 Å². The SMILES string of the molecule is CCS(=O)(=O)NC(CC(C)C)C(=O)NC(CCC(N)=O)C(=O)NCc1ccc(C(=N)N)cc1. The number of nitrogen functional groups attached to an aromatic ring is 1. The predicted octanol–water partition coefficient (Wildman–Crippen LogP) is -0.309. The topological polar surface area (TPSA) is 197 Å². The Morgan fingerprint density at radius 2 is 1.64 bits per heavy atom. The number of sulfonamides is 1. The Labute approximate surface area is 194 Å². The summed E-state index contributed by atoms with van der Waals surface area (Å²) in [5.74, 6) is -2.08. The van der Waals surface area contributed by atoms with Crippen molar-refractivity contribution in [1.29, 1.82) is 5.41 Å². The van der Waals surface area contributed by atoms with Gasteiger partial charge in [-0.25, -0.2) is 13.1 Å². The third-order valence-electron chi connectivity index (χ3n) is 4.77. The van der Waals surface area contributed by atoms with Gasteiger partial charge < -0.3 is 22.1 Å². The van der Waals surface area contributed by atoms with E-state index in [1.165, 1.54) is 6.92 Å². The van der Waals surface area contributed by atoms with Crippen molar-refractivity contribution in [3.63, 3.8) is 0 Å². The molecule has 184 valence electrons. The molecule has 0 saturated carbocycles. The maximum Gasteiger partial charge on any atom is 0.242 e. The number of hydrogen-bond donors (Lipinski definition) is 6. The summed E-state index contributed by atoms with van der Waals surface area (Å²) in [6, 6.07) is 4.55. The van der Waals surface area contributed by atoms with Crippen LogP contribution in [0.1, 0.15) is 51.2 Å². The van der Waals surface area contributed by atoms with Crippen LogP contribution in [0.4, 0.5) is 0 Å². The van der Waals surface area contributed by atoms with Crippen LogP contribution >= 0.6 is 0 Å². The lowest BCUT2D eigenvalue weighted by atomic mass is 10.0. The Kier molecular flexibility index (Phi) is 11.0. The number of nitrogens with two attached hydrogens (primary N) is 2. The number of carbonyl (C=O) groups is 3. The molecule has 0 bridgehead atoms. The van der Waals surface area contributed by atoms with E-state index in [9.17, 15) is 22.8 Å². The van der Waals surface area contributed by atoms with Crippen LogP contribution in [-0.4, -0.2) is 49.8 Å². The Morgan fingerprint density at radius 1 is 1.03 bits per heavy atom. The molecule has 11 nitrogen and oxygen atoms in total. The van der Waals surface area contributed by atoms with Crippen LogP contribution in [-0.2, 0) is 31.0 Å².